The largest absolute Gasteiger partial charge is 0.331 e. The van der Waals surface area contributed by atoms with Crippen molar-refractivity contribution in [3.63, 3.8) is 0 Å². The Bertz CT molecular complexity index is 743. The van der Waals surface area contributed by atoms with Crippen molar-refractivity contribution in [2.24, 2.45) is 0 Å². The van der Waals surface area contributed by atoms with E-state index in [1.54, 1.807) is 18.5 Å². The summed E-state index contributed by atoms with van der Waals surface area (Å²) in [6.07, 6.45) is 3.35. The monoisotopic (exact) mass is 303 g/mol. The lowest BCUT2D eigenvalue weighted by Gasteiger charge is -1.97. The Hall–Kier alpha value is -1.88. The molecule has 4 nitrogen and oxygen atoms in total. The molecule has 2 aromatic heterocycles. The summed E-state index contributed by atoms with van der Waals surface area (Å²) in [4.78, 5) is 18.6. The average molecular weight is 304 g/mol. The number of nitrogens with one attached hydrogen (secondary N) is 1. The number of benzene rings is 1. The van der Waals surface area contributed by atoms with Crippen molar-refractivity contribution in [3.8, 4) is 11.3 Å². The minimum absolute atomic E-state index is 0.177. The number of halogens is 1. The van der Waals surface area contributed by atoms with Crippen LogP contribution in [0.1, 0.15) is 5.56 Å². The third-order valence-corrected chi connectivity index (χ3v) is 3.44. The van der Waals surface area contributed by atoms with Gasteiger partial charge in [-0.2, -0.15) is 0 Å². The van der Waals surface area contributed by atoms with Gasteiger partial charge in [-0.05, 0) is 11.6 Å². The van der Waals surface area contributed by atoms with Crippen LogP contribution in [0.5, 0.6) is 0 Å². The quantitative estimate of drug-likeness (QED) is 0.740. The van der Waals surface area contributed by atoms with Crippen molar-refractivity contribution in [1.29, 1.82) is 0 Å². The molecule has 1 N–H and O–H groups in total. The molecular weight excluding hydrogens is 294 g/mol. The highest BCUT2D eigenvalue weighted by molar-refractivity contribution is 9.08. The van der Waals surface area contributed by atoms with Gasteiger partial charge in [-0.25, -0.2) is 9.78 Å². The number of aromatic amines is 1. The number of alkyl halides is 1. The van der Waals surface area contributed by atoms with Crippen LogP contribution in [0.25, 0.3) is 16.9 Å². The highest BCUT2D eigenvalue weighted by Gasteiger charge is 2.05. The Morgan fingerprint density at radius 3 is 2.67 bits per heavy atom. The van der Waals surface area contributed by atoms with Gasteiger partial charge in [0.1, 0.15) is 5.65 Å². The van der Waals surface area contributed by atoms with E-state index in [1.165, 1.54) is 9.96 Å². The molecule has 5 heteroatoms. The second-order valence-electron chi connectivity index (χ2n) is 3.97. The number of hydrogen-bond donors (Lipinski definition) is 1. The van der Waals surface area contributed by atoms with E-state index in [0.717, 1.165) is 16.6 Å². The van der Waals surface area contributed by atoms with Gasteiger partial charge in [0, 0.05) is 23.3 Å². The SMILES string of the molecule is O=c1[nH]ccc2nc(-c3ccc(CBr)cc3)cn12. The lowest BCUT2D eigenvalue weighted by molar-refractivity contribution is 1.00. The van der Waals surface area contributed by atoms with Crippen LogP contribution in [0.4, 0.5) is 0 Å². The van der Waals surface area contributed by atoms with E-state index in [0.29, 0.717) is 5.65 Å². The summed E-state index contributed by atoms with van der Waals surface area (Å²) in [5, 5.41) is 0.831. The topological polar surface area (TPSA) is 50.2 Å². The molecule has 18 heavy (non-hydrogen) atoms. The molecule has 0 saturated heterocycles. The van der Waals surface area contributed by atoms with Gasteiger partial charge in [0.2, 0.25) is 0 Å². The van der Waals surface area contributed by atoms with Gasteiger partial charge in [-0.1, -0.05) is 40.2 Å². The lowest BCUT2D eigenvalue weighted by Crippen LogP contribution is -2.13. The maximum atomic E-state index is 11.6. The van der Waals surface area contributed by atoms with Crippen molar-refractivity contribution in [2.75, 3.05) is 0 Å². The number of rotatable bonds is 2. The van der Waals surface area contributed by atoms with Crippen molar-refractivity contribution >= 4 is 21.6 Å². The molecule has 0 amide bonds. The van der Waals surface area contributed by atoms with Gasteiger partial charge in [-0.3, -0.25) is 4.40 Å². The zero-order valence-corrected chi connectivity index (χ0v) is 11.0. The number of fused-ring (bicyclic) bond motifs is 1. The van der Waals surface area contributed by atoms with Crippen LogP contribution in [0.15, 0.2) is 47.5 Å². The summed E-state index contributed by atoms with van der Waals surface area (Å²) in [7, 11) is 0. The zero-order valence-electron chi connectivity index (χ0n) is 9.43. The Labute approximate surface area is 111 Å². The summed E-state index contributed by atoms with van der Waals surface area (Å²) >= 11 is 3.41. The second-order valence-corrected chi connectivity index (χ2v) is 4.53. The van der Waals surface area contributed by atoms with E-state index < -0.39 is 0 Å². The summed E-state index contributed by atoms with van der Waals surface area (Å²) < 4.78 is 1.51. The van der Waals surface area contributed by atoms with E-state index >= 15 is 0 Å². The molecule has 2 heterocycles. The van der Waals surface area contributed by atoms with Gasteiger partial charge in [-0.15, -0.1) is 0 Å². The molecular formula is C13H10BrN3O. The standard InChI is InChI=1S/C13H10BrN3O/c14-7-9-1-3-10(4-2-9)11-8-17-12(16-11)5-6-15-13(17)18/h1-6,8H,7H2,(H,15,18). The Kier molecular flexibility index (Phi) is 2.76. The highest BCUT2D eigenvalue weighted by atomic mass is 79.9. The molecule has 0 unspecified atom stereocenters. The van der Waals surface area contributed by atoms with Gasteiger partial charge in [0.25, 0.3) is 0 Å². The molecule has 3 aromatic rings. The normalized spacial score (nSPS) is 10.9. The molecule has 0 fully saturated rings. The van der Waals surface area contributed by atoms with Gasteiger partial charge < -0.3 is 4.98 Å². The molecule has 0 bridgehead atoms. The molecule has 0 saturated carbocycles. The molecule has 90 valence electrons. The van der Waals surface area contributed by atoms with E-state index in [4.69, 9.17) is 0 Å². The fraction of sp³-hybridized carbons (Fsp3) is 0.0769. The maximum Gasteiger partial charge on any atom is 0.331 e. The Balaban J connectivity index is 2.13. The third kappa shape index (κ3) is 1.86. The van der Waals surface area contributed by atoms with Crippen molar-refractivity contribution in [2.45, 2.75) is 5.33 Å². The van der Waals surface area contributed by atoms with Crippen LogP contribution in [0.2, 0.25) is 0 Å². The predicted molar refractivity (Wildman–Crippen MR) is 73.9 cm³/mol. The van der Waals surface area contributed by atoms with Gasteiger partial charge in [0.05, 0.1) is 5.69 Å². The summed E-state index contributed by atoms with van der Waals surface area (Å²) in [5.74, 6) is 0. The Morgan fingerprint density at radius 1 is 1.22 bits per heavy atom. The van der Waals surface area contributed by atoms with E-state index in [-0.39, 0.29) is 5.69 Å². The minimum atomic E-state index is -0.177. The van der Waals surface area contributed by atoms with Crippen LogP contribution < -0.4 is 5.69 Å². The first-order valence-corrected chi connectivity index (χ1v) is 6.62. The fourth-order valence-corrected chi connectivity index (χ4v) is 2.21. The number of H-pyrrole nitrogens is 1. The van der Waals surface area contributed by atoms with Crippen LogP contribution in [0.3, 0.4) is 0 Å². The summed E-state index contributed by atoms with van der Waals surface area (Å²) in [6.45, 7) is 0. The number of aromatic nitrogens is 3. The van der Waals surface area contributed by atoms with Gasteiger partial charge >= 0.3 is 5.69 Å². The van der Waals surface area contributed by atoms with Crippen LogP contribution in [-0.4, -0.2) is 14.4 Å². The van der Waals surface area contributed by atoms with Crippen molar-refractivity contribution in [1.82, 2.24) is 14.4 Å². The van der Waals surface area contributed by atoms with Crippen LogP contribution in [-0.2, 0) is 5.33 Å². The molecule has 0 aliphatic heterocycles. The summed E-state index contributed by atoms with van der Waals surface area (Å²) in [6, 6.07) is 9.87. The number of nitrogens with zero attached hydrogens (tertiary/aromatic N) is 2. The lowest BCUT2D eigenvalue weighted by atomic mass is 10.1. The van der Waals surface area contributed by atoms with Crippen molar-refractivity contribution < 1.29 is 0 Å². The first-order valence-electron chi connectivity index (χ1n) is 5.50. The number of hydrogen-bond acceptors (Lipinski definition) is 2. The van der Waals surface area contributed by atoms with Gasteiger partial charge in [0.15, 0.2) is 0 Å². The second kappa shape index (κ2) is 4.42. The molecule has 0 aliphatic rings. The van der Waals surface area contributed by atoms with Crippen LogP contribution in [0, 0.1) is 0 Å². The Morgan fingerprint density at radius 2 is 2.00 bits per heavy atom. The zero-order chi connectivity index (χ0) is 12.5. The molecule has 1 aromatic carbocycles. The first kappa shape index (κ1) is 11.2. The average Bonchev–Trinajstić information content (AvgIpc) is 2.84. The summed E-state index contributed by atoms with van der Waals surface area (Å²) in [5.41, 5.74) is 3.48. The van der Waals surface area contributed by atoms with E-state index in [2.05, 4.69) is 25.9 Å². The van der Waals surface area contributed by atoms with Crippen molar-refractivity contribution in [3.05, 3.63) is 58.8 Å². The third-order valence-electron chi connectivity index (χ3n) is 2.80. The van der Waals surface area contributed by atoms with E-state index in [9.17, 15) is 4.79 Å². The molecule has 0 atom stereocenters. The maximum absolute atomic E-state index is 11.6. The molecule has 0 aliphatic carbocycles. The number of imidazole rings is 1. The highest BCUT2D eigenvalue weighted by Crippen LogP contribution is 2.19. The van der Waals surface area contributed by atoms with Crippen LogP contribution >= 0.6 is 15.9 Å². The molecule has 0 spiro atoms. The smallest absolute Gasteiger partial charge is 0.314 e. The predicted octanol–water partition coefficient (Wildman–Crippen LogP) is 2.58. The first-order chi connectivity index (χ1) is 8.78. The fourth-order valence-electron chi connectivity index (χ4n) is 1.84. The van der Waals surface area contributed by atoms with E-state index in [1.807, 2.05) is 24.3 Å². The molecule has 3 rings (SSSR count). The molecule has 0 radical (unpaired) electrons. The minimum Gasteiger partial charge on any atom is -0.314 e.